The van der Waals surface area contributed by atoms with Crippen molar-refractivity contribution < 1.29 is 18.3 Å². The minimum Gasteiger partial charge on any atom is -0.493 e. The van der Waals surface area contributed by atoms with Gasteiger partial charge in [-0.05, 0) is 6.92 Å². The highest BCUT2D eigenvalue weighted by molar-refractivity contribution is 5.75. The SMILES string of the molecule is CC(=O)CCOc1cc(F)cc(F)c1. The van der Waals surface area contributed by atoms with Crippen LogP contribution in [0.2, 0.25) is 0 Å². The van der Waals surface area contributed by atoms with Gasteiger partial charge >= 0.3 is 0 Å². The van der Waals surface area contributed by atoms with E-state index in [1.165, 1.54) is 6.92 Å². The number of hydrogen-bond donors (Lipinski definition) is 0. The van der Waals surface area contributed by atoms with Crippen LogP contribution < -0.4 is 4.74 Å². The Kier molecular flexibility index (Phi) is 3.56. The van der Waals surface area contributed by atoms with Crippen molar-refractivity contribution in [3.05, 3.63) is 29.8 Å². The molecule has 0 saturated heterocycles. The summed E-state index contributed by atoms with van der Waals surface area (Å²) in [6.45, 7) is 1.56. The monoisotopic (exact) mass is 200 g/mol. The third-order valence-electron chi connectivity index (χ3n) is 1.56. The van der Waals surface area contributed by atoms with Gasteiger partial charge in [0.25, 0.3) is 0 Å². The van der Waals surface area contributed by atoms with Crippen LogP contribution in [0, 0.1) is 11.6 Å². The summed E-state index contributed by atoms with van der Waals surface area (Å²) >= 11 is 0. The summed E-state index contributed by atoms with van der Waals surface area (Å²) in [6, 6.07) is 2.91. The Morgan fingerprint density at radius 1 is 1.29 bits per heavy atom. The first kappa shape index (κ1) is 10.6. The summed E-state index contributed by atoms with van der Waals surface area (Å²) in [5.41, 5.74) is 0. The molecule has 0 N–H and O–H groups in total. The molecular formula is C10H10F2O2. The second kappa shape index (κ2) is 4.69. The molecule has 2 nitrogen and oxygen atoms in total. The molecule has 1 rings (SSSR count). The topological polar surface area (TPSA) is 26.3 Å². The lowest BCUT2D eigenvalue weighted by atomic mass is 10.3. The third-order valence-corrected chi connectivity index (χ3v) is 1.56. The quantitative estimate of drug-likeness (QED) is 0.745. The molecule has 0 aliphatic rings. The number of benzene rings is 1. The molecule has 76 valence electrons. The van der Waals surface area contributed by atoms with Gasteiger partial charge in [0.15, 0.2) is 0 Å². The lowest BCUT2D eigenvalue weighted by molar-refractivity contribution is -0.117. The van der Waals surface area contributed by atoms with E-state index in [4.69, 9.17) is 4.74 Å². The molecule has 0 aromatic heterocycles. The first-order valence-electron chi connectivity index (χ1n) is 4.16. The van der Waals surface area contributed by atoms with E-state index in [0.717, 1.165) is 18.2 Å². The zero-order chi connectivity index (χ0) is 10.6. The lowest BCUT2D eigenvalue weighted by Gasteiger charge is -2.04. The van der Waals surface area contributed by atoms with Crippen molar-refractivity contribution in [1.29, 1.82) is 0 Å². The molecule has 0 saturated carbocycles. The highest BCUT2D eigenvalue weighted by Crippen LogP contribution is 2.15. The predicted octanol–water partition coefficient (Wildman–Crippen LogP) is 2.32. The minimum atomic E-state index is -0.692. The van der Waals surface area contributed by atoms with Gasteiger partial charge in [0.1, 0.15) is 23.2 Å². The Hall–Kier alpha value is -1.45. The van der Waals surface area contributed by atoms with Gasteiger partial charge in [0.05, 0.1) is 6.61 Å². The third kappa shape index (κ3) is 3.51. The molecule has 0 bridgehead atoms. The Balaban J connectivity index is 2.54. The average molecular weight is 200 g/mol. The van der Waals surface area contributed by atoms with Gasteiger partial charge in [0, 0.05) is 24.6 Å². The molecule has 1 aromatic carbocycles. The van der Waals surface area contributed by atoms with E-state index in [1.807, 2.05) is 0 Å². The number of Topliss-reactive ketones (excluding diaryl/α,β-unsaturated/α-hetero) is 1. The first-order valence-corrected chi connectivity index (χ1v) is 4.16. The molecule has 0 heterocycles. The second-order valence-electron chi connectivity index (χ2n) is 2.91. The highest BCUT2D eigenvalue weighted by Gasteiger charge is 2.01. The van der Waals surface area contributed by atoms with Crippen LogP contribution in [0.3, 0.4) is 0 Å². The zero-order valence-electron chi connectivity index (χ0n) is 7.72. The van der Waals surface area contributed by atoms with Crippen molar-refractivity contribution in [2.75, 3.05) is 6.61 Å². The fourth-order valence-electron chi connectivity index (χ4n) is 0.924. The van der Waals surface area contributed by atoms with Crippen LogP contribution in [0.15, 0.2) is 18.2 Å². The summed E-state index contributed by atoms with van der Waals surface area (Å²) in [4.78, 5) is 10.5. The molecule has 1 aromatic rings. The van der Waals surface area contributed by atoms with Crippen LogP contribution in [0.25, 0.3) is 0 Å². The van der Waals surface area contributed by atoms with Gasteiger partial charge in [0.2, 0.25) is 0 Å². The zero-order valence-corrected chi connectivity index (χ0v) is 7.72. The van der Waals surface area contributed by atoms with Crippen molar-refractivity contribution >= 4 is 5.78 Å². The van der Waals surface area contributed by atoms with Gasteiger partial charge in [-0.2, -0.15) is 0 Å². The Morgan fingerprint density at radius 2 is 1.86 bits per heavy atom. The fourth-order valence-corrected chi connectivity index (χ4v) is 0.924. The molecule has 14 heavy (non-hydrogen) atoms. The maximum Gasteiger partial charge on any atom is 0.133 e. The maximum atomic E-state index is 12.6. The second-order valence-corrected chi connectivity index (χ2v) is 2.91. The minimum absolute atomic E-state index is 0.0260. The lowest BCUT2D eigenvalue weighted by Crippen LogP contribution is -2.03. The van der Waals surface area contributed by atoms with E-state index < -0.39 is 11.6 Å². The summed E-state index contributed by atoms with van der Waals surface area (Å²) in [5.74, 6) is -1.31. The number of carbonyl (C=O) groups excluding carboxylic acids is 1. The molecule has 0 aliphatic heterocycles. The average Bonchev–Trinajstić information content (AvgIpc) is 2.01. The van der Waals surface area contributed by atoms with Crippen LogP contribution >= 0.6 is 0 Å². The van der Waals surface area contributed by atoms with E-state index in [1.54, 1.807) is 0 Å². The van der Waals surface area contributed by atoms with Crippen LogP contribution in [0.5, 0.6) is 5.75 Å². The molecule has 0 fully saturated rings. The first-order chi connectivity index (χ1) is 6.58. The molecule has 0 amide bonds. The predicted molar refractivity (Wildman–Crippen MR) is 47.2 cm³/mol. The number of carbonyl (C=O) groups is 1. The van der Waals surface area contributed by atoms with Gasteiger partial charge in [-0.1, -0.05) is 0 Å². The van der Waals surface area contributed by atoms with Crippen molar-refractivity contribution in [2.45, 2.75) is 13.3 Å². The molecule has 4 heteroatoms. The normalized spacial score (nSPS) is 9.93. The summed E-state index contributed by atoms with van der Waals surface area (Å²) in [6.07, 6.45) is 0.234. The van der Waals surface area contributed by atoms with Crippen molar-refractivity contribution in [3.8, 4) is 5.75 Å². The number of hydrogen-bond acceptors (Lipinski definition) is 2. The Bertz CT molecular complexity index is 317. The van der Waals surface area contributed by atoms with E-state index in [9.17, 15) is 13.6 Å². The van der Waals surface area contributed by atoms with Crippen molar-refractivity contribution in [2.24, 2.45) is 0 Å². The summed E-state index contributed by atoms with van der Waals surface area (Å²) in [7, 11) is 0. The van der Waals surface area contributed by atoms with Crippen molar-refractivity contribution in [1.82, 2.24) is 0 Å². The molecular weight excluding hydrogens is 190 g/mol. The van der Waals surface area contributed by atoms with Gasteiger partial charge in [-0.15, -0.1) is 0 Å². The van der Waals surface area contributed by atoms with Crippen LogP contribution in [-0.2, 0) is 4.79 Å². The summed E-state index contributed by atoms with van der Waals surface area (Å²) in [5, 5.41) is 0. The standard InChI is InChI=1S/C10H10F2O2/c1-7(13)2-3-14-10-5-8(11)4-9(12)6-10/h4-6H,2-3H2,1H3. The van der Waals surface area contributed by atoms with Gasteiger partial charge < -0.3 is 4.74 Å². The largest absolute Gasteiger partial charge is 0.493 e. The van der Waals surface area contributed by atoms with E-state index in [0.29, 0.717) is 0 Å². The maximum absolute atomic E-state index is 12.6. The molecule has 0 radical (unpaired) electrons. The number of ether oxygens (including phenoxy) is 1. The smallest absolute Gasteiger partial charge is 0.133 e. The Morgan fingerprint density at radius 3 is 2.36 bits per heavy atom. The Labute approximate surface area is 80.5 Å². The number of halogens is 2. The van der Waals surface area contributed by atoms with Gasteiger partial charge in [-0.25, -0.2) is 8.78 Å². The van der Waals surface area contributed by atoms with Crippen molar-refractivity contribution in [3.63, 3.8) is 0 Å². The highest BCUT2D eigenvalue weighted by atomic mass is 19.1. The molecule has 0 spiro atoms. The molecule has 0 unspecified atom stereocenters. The fraction of sp³-hybridized carbons (Fsp3) is 0.300. The van der Waals surface area contributed by atoms with E-state index in [2.05, 4.69) is 0 Å². The van der Waals surface area contributed by atoms with E-state index in [-0.39, 0.29) is 24.6 Å². The molecule has 0 aliphatic carbocycles. The van der Waals surface area contributed by atoms with Crippen LogP contribution in [0.1, 0.15) is 13.3 Å². The summed E-state index contributed by atoms with van der Waals surface area (Å²) < 4.78 is 30.2. The van der Waals surface area contributed by atoms with Crippen LogP contribution in [-0.4, -0.2) is 12.4 Å². The van der Waals surface area contributed by atoms with E-state index >= 15 is 0 Å². The number of ketones is 1. The number of rotatable bonds is 4. The van der Waals surface area contributed by atoms with Crippen LogP contribution in [0.4, 0.5) is 8.78 Å². The van der Waals surface area contributed by atoms with Gasteiger partial charge in [-0.3, -0.25) is 4.79 Å². The molecule has 0 atom stereocenters.